The minimum Gasteiger partial charge on any atom is -0.324 e. The molecule has 2 rings (SSSR count). The molecular weight excluding hydrogens is 304 g/mol. The molecule has 2 aromatic rings. The quantitative estimate of drug-likeness (QED) is 0.878. The van der Waals surface area contributed by atoms with Crippen LogP contribution in [0.2, 0.25) is 0 Å². The summed E-state index contributed by atoms with van der Waals surface area (Å²) in [5.41, 5.74) is 3.75. The molecular formula is C15H15BrN2O. The number of hydrogen-bond acceptors (Lipinski definition) is 2. The molecule has 1 amide bonds. The van der Waals surface area contributed by atoms with Crippen molar-refractivity contribution in [3.05, 3.63) is 57.8 Å². The summed E-state index contributed by atoms with van der Waals surface area (Å²) in [4.78, 5) is 16.2. The summed E-state index contributed by atoms with van der Waals surface area (Å²) in [6, 6.07) is 11.6. The molecule has 0 unspecified atom stereocenters. The van der Waals surface area contributed by atoms with Crippen LogP contribution in [0.5, 0.6) is 0 Å². The summed E-state index contributed by atoms with van der Waals surface area (Å²) in [7, 11) is 0. The van der Waals surface area contributed by atoms with Gasteiger partial charge < -0.3 is 5.32 Å². The van der Waals surface area contributed by atoms with Gasteiger partial charge in [0.2, 0.25) is 5.91 Å². The number of nitrogens with zero attached hydrogens (tertiary/aromatic N) is 1. The summed E-state index contributed by atoms with van der Waals surface area (Å²) < 4.78 is 0.765. The Morgan fingerprint density at radius 2 is 1.84 bits per heavy atom. The van der Waals surface area contributed by atoms with Crippen LogP contribution in [0, 0.1) is 13.8 Å². The van der Waals surface area contributed by atoms with Crippen molar-refractivity contribution in [3.63, 3.8) is 0 Å². The second-order valence-electron chi connectivity index (χ2n) is 4.48. The third-order valence-electron chi connectivity index (χ3n) is 2.81. The van der Waals surface area contributed by atoms with Crippen molar-refractivity contribution in [2.24, 2.45) is 0 Å². The summed E-state index contributed by atoms with van der Waals surface area (Å²) >= 11 is 3.30. The first-order valence-corrected chi connectivity index (χ1v) is 6.82. The van der Waals surface area contributed by atoms with E-state index in [0.717, 1.165) is 21.5 Å². The van der Waals surface area contributed by atoms with Gasteiger partial charge in [-0.15, -0.1) is 0 Å². The van der Waals surface area contributed by atoms with E-state index in [0.29, 0.717) is 6.42 Å². The lowest BCUT2D eigenvalue weighted by Crippen LogP contribution is -2.15. The van der Waals surface area contributed by atoms with Crippen molar-refractivity contribution < 1.29 is 4.79 Å². The summed E-state index contributed by atoms with van der Waals surface area (Å²) in [5.74, 6) is -0.0314. The molecule has 0 atom stereocenters. The Balaban J connectivity index is 2.03. The fraction of sp³-hybridized carbons (Fsp3) is 0.200. The molecule has 0 saturated carbocycles. The zero-order chi connectivity index (χ0) is 13.8. The highest BCUT2D eigenvalue weighted by atomic mass is 79.9. The van der Waals surface area contributed by atoms with Gasteiger partial charge in [-0.05, 0) is 47.5 Å². The second kappa shape index (κ2) is 5.97. The highest BCUT2D eigenvalue weighted by Gasteiger charge is 2.07. The number of aryl methyl sites for hydroxylation is 2. The molecule has 19 heavy (non-hydrogen) atoms. The summed E-state index contributed by atoms with van der Waals surface area (Å²) in [6.07, 6.45) is 0.371. The fourth-order valence-corrected chi connectivity index (χ4v) is 2.15. The van der Waals surface area contributed by atoms with E-state index in [2.05, 4.69) is 26.2 Å². The Labute approximate surface area is 121 Å². The number of pyridine rings is 1. The average molecular weight is 319 g/mol. The molecule has 0 fully saturated rings. The lowest BCUT2D eigenvalue weighted by molar-refractivity contribution is -0.115. The van der Waals surface area contributed by atoms with Crippen molar-refractivity contribution in [2.45, 2.75) is 20.3 Å². The minimum atomic E-state index is -0.0314. The molecule has 0 aliphatic rings. The number of amides is 1. The molecule has 0 bridgehead atoms. The number of anilines is 1. The van der Waals surface area contributed by atoms with Crippen LogP contribution in [0.3, 0.4) is 0 Å². The zero-order valence-electron chi connectivity index (χ0n) is 10.9. The monoisotopic (exact) mass is 318 g/mol. The van der Waals surface area contributed by atoms with Gasteiger partial charge in [-0.1, -0.05) is 29.8 Å². The Kier molecular flexibility index (Phi) is 4.32. The first-order valence-electron chi connectivity index (χ1n) is 6.03. The SMILES string of the molecule is Cc1ccc(CC(=O)Nc2ccc(Br)nc2C)cc1. The Morgan fingerprint density at radius 3 is 2.47 bits per heavy atom. The van der Waals surface area contributed by atoms with Crippen LogP contribution in [-0.4, -0.2) is 10.9 Å². The molecule has 1 N–H and O–H groups in total. The van der Waals surface area contributed by atoms with Crippen LogP contribution in [0.4, 0.5) is 5.69 Å². The Hall–Kier alpha value is -1.68. The van der Waals surface area contributed by atoms with E-state index in [1.807, 2.05) is 50.2 Å². The van der Waals surface area contributed by atoms with Gasteiger partial charge in [0.25, 0.3) is 0 Å². The van der Waals surface area contributed by atoms with E-state index in [9.17, 15) is 4.79 Å². The van der Waals surface area contributed by atoms with Crippen molar-refractivity contribution in [3.8, 4) is 0 Å². The topological polar surface area (TPSA) is 42.0 Å². The number of carbonyl (C=O) groups is 1. The van der Waals surface area contributed by atoms with Crippen LogP contribution in [0.25, 0.3) is 0 Å². The normalized spacial score (nSPS) is 10.3. The highest BCUT2D eigenvalue weighted by molar-refractivity contribution is 9.10. The van der Waals surface area contributed by atoms with E-state index in [1.54, 1.807) is 0 Å². The lowest BCUT2D eigenvalue weighted by Gasteiger charge is -2.08. The maximum atomic E-state index is 12.0. The molecule has 0 aliphatic heterocycles. The van der Waals surface area contributed by atoms with Gasteiger partial charge in [0.15, 0.2) is 0 Å². The minimum absolute atomic E-state index is 0.0314. The molecule has 98 valence electrons. The molecule has 0 saturated heterocycles. The predicted octanol–water partition coefficient (Wildman–Crippen LogP) is 3.64. The van der Waals surface area contributed by atoms with Crippen LogP contribution in [-0.2, 0) is 11.2 Å². The largest absolute Gasteiger partial charge is 0.324 e. The number of rotatable bonds is 3. The van der Waals surface area contributed by atoms with Crippen LogP contribution < -0.4 is 5.32 Å². The van der Waals surface area contributed by atoms with Crippen LogP contribution >= 0.6 is 15.9 Å². The average Bonchev–Trinajstić information content (AvgIpc) is 2.36. The van der Waals surface area contributed by atoms with Gasteiger partial charge >= 0.3 is 0 Å². The zero-order valence-corrected chi connectivity index (χ0v) is 12.5. The Morgan fingerprint density at radius 1 is 1.16 bits per heavy atom. The summed E-state index contributed by atoms with van der Waals surface area (Å²) in [5, 5.41) is 2.88. The second-order valence-corrected chi connectivity index (χ2v) is 5.29. The third-order valence-corrected chi connectivity index (χ3v) is 3.25. The predicted molar refractivity (Wildman–Crippen MR) is 80.2 cm³/mol. The van der Waals surface area contributed by atoms with Gasteiger partial charge in [0, 0.05) is 0 Å². The van der Waals surface area contributed by atoms with E-state index >= 15 is 0 Å². The van der Waals surface area contributed by atoms with Gasteiger partial charge in [0.1, 0.15) is 4.60 Å². The van der Waals surface area contributed by atoms with E-state index in [4.69, 9.17) is 0 Å². The number of hydrogen-bond donors (Lipinski definition) is 1. The number of nitrogens with one attached hydrogen (secondary N) is 1. The van der Waals surface area contributed by atoms with Crippen molar-refractivity contribution in [1.29, 1.82) is 0 Å². The maximum absolute atomic E-state index is 12.0. The number of carbonyl (C=O) groups excluding carboxylic acids is 1. The van der Waals surface area contributed by atoms with Gasteiger partial charge in [-0.25, -0.2) is 4.98 Å². The first kappa shape index (κ1) is 13.7. The standard InChI is InChI=1S/C15H15BrN2O/c1-10-3-5-12(6-4-10)9-15(19)18-13-7-8-14(16)17-11(13)2/h3-8H,9H2,1-2H3,(H,18,19). The Bertz CT molecular complexity index is 594. The number of aromatic nitrogens is 1. The van der Waals surface area contributed by atoms with E-state index < -0.39 is 0 Å². The lowest BCUT2D eigenvalue weighted by atomic mass is 10.1. The van der Waals surface area contributed by atoms with Crippen LogP contribution in [0.1, 0.15) is 16.8 Å². The molecule has 0 aliphatic carbocycles. The highest BCUT2D eigenvalue weighted by Crippen LogP contribution is 2.16. The van der Waals surface area contributed by atoms with Crippen molar-refractivity contribution in [2.75, 3.05) is 5.32 Å². The van der Waals surface area contributed by atoms with Crippen molar-refractivity contribution >= 4 is 27.5 Å². The van der Waals surface area contributed by atoms with E-state index in [-0.39, 0.29) is 5.91 Å². The molecule has 1 aromatic carbocycles. The van der Waals surface area contributed by atoms with Crippen LogP contribution in [0.15, 0.2) is 41.0 Å². The van der Waals surface area contributed by atoms with Crippen molar-refractivity contribution in [1.82, 2.24) is 4.98 Å². The molecule has 1 aromatic heterocycles. The molecule has 0 spiro atoms. The number of benzene rings is 1. The van der Waals surface area contributed by atoms with E-state index in [1.165, 1.54) is 5.56 Å². The van der Waals surface area contributed by atoms with Gasteiger partial charge in [-0.3, -0.25) is 4.79 Å². The van der Waals surface area contributed by atoms with Gasteiger partial charge in [-0.2, -0.15) is 0 Å². The molecule has 1 heterocycles. The smallest absolute Gasteiger partial charge is 0.228 e. The molecule has 0 radical (unpaired) electrons. The van der Waals surface area contributed by atoms with Gasteiger partial charge in [0.05, 0.1) is 17.8 Å². The molecule has 4 heteroatoms. The fourth-order valence-electron chi connectivity index (χ4n) is 1.75. The first-order chi connectivity index (χ1) is 9.04. The third kappa shape index (κ3) is 3.89. The maximum Gasteiger partial charge on any atom is 0.228 e. The summed E-state index contributed by atoms with van der Waals surface area (Å²) in [6.45, 7) is 3.90. The number of halogens is 1. The molecule has 3 nitrogen and oxygen atoms in total.